The highest BCUT2D eigenvalue weighted by atomic mass is 15.3. The molecule has 0 spiro atoms. The number of anilines is 1. The molecule has 1 aromatic heterocycles. The highest BCUT2D eigenvalue weighted by Gasteiger charge is 2.21. The molecule has 1 unspecified atom stereocenters. The van der Waals surface area contributed by atoms with Gasteiger partial charge in [-0.25, -0.2) is 4.98 Å². The SMILES string of the molecule is CCc1nnc(N2CCCC(CN)C2)nc1CC. The molecule has 5 nitrogen and oxygen atoms in total. The van der Waals surface area contributed by atoms with Gasteiger partial charge in [-0.05, 0) is 38.1 Å². The van der Waals surface area contributed by atoms with Gasteiger partial charge in [-0.15, -0.1) is 5.10 Å². The number of hydrogen-bond donors (Lipinski definition) is 1. The van der Waals surface area contributed by atoms with Gasteiger partial charge >= 0.3 is 0 Å². The molecule has 1 aliphatic heterocycles. The zero-order chi connectivity index (χ0) is 13.0. The molecular formula is C13H23N5. The van der Waals surface area contributed by atoms with Gasteiger partial charge in [-0.3, -0.25) is 0 Å². The minimum atomic E-state index is 0.568. The normalized spacial score (nSPS) is 20.2. The van der Waals surface area contributed by atoms with Crippen LogP contribution in [0.25, 0.3) is 0 Å². The fourth-order valence-corrected chi connectivity index (χ4v) is 2.50. The van der Waals surface area contributed by atoms with Gasteiger partial charge in [-0.1, -0.05) is 13.8 Å². The molecule has 2 N–H and O–H groups in total. The van der Waals surface area contributed by atoms with Crippen molar-refractivity contribution in [3.05, 3.63) is 11.4 Å². The first kappa shape index (κ1) is 13.2. The number of piperidine rings is 1. The number of aryl methyl sites for hydroxylation is 2. The lowest BCUT2D eigenvalue weighted by Gasteiger charge is -2.32. The highest BCUT2D eigenvalue weighted by Crippen LogP contribution is 2.20. The van der Waals surface area contributed by atoms with Crippen LogP contribution >= 0.6 is 0 Å². The van der Waals surface area contributed by atoms with E-state index < -0.39 is 0 Å². The molecule has 1 atom stereocenters. The average molecular weight is 249 g/mol. The predicted molar refractivity (Wildman–Crippen MR) is 72.6 cm³/mol. The van der Waals surface area contributed by atoms with Crippen molar-refractivity contribution in [1.29, 1.82) is 0 Å². The van der Waals surface area contributed by atoms with Crippen molar-refractivity contribution in [2.45, 2.75) is 39.5 Å². The van der Waals surface area contributed by atoms with Gasteiger partial charge in [0.1, 0.15) is 0 Å². The molecule has 1 aromatic rings. The highest BCUT2D eigenvalue weighted by molar-refractivity contribution is 5.31. The van der Waals surface area contributed by atoms with Crippen LogP contribution < -0.4 is 10.6 Å². The minimum absolute atomic E-state index is 0.568. The fraction of sp³-hybridized carbons (Fsp3) is 0.769. The Balaban J connectivity index is 2.17. The van der Waals surface area contributed by atoms with Gasteiger partial charge in [0.15, 0.2) is 0 Å². The summed E-state index contributed by atoms with van der Waals surface area (Å²) in [6, 6.07) is 0. The molecule has 0 radical (unpaired) electrons. The van der Waals surface area contributed by atoms with E-state index in [4.69, 9.17) is 5.73 Å². The van der Waals surface area contributed by atoms with E-state index in [1.54, 1.807) is 0 Å². The van der Waals surface area contributed by atoms with Crippen LogP contribution in [-0.2, 0) is 12.8 Å². The van der Waals surface area contributed by atoms with Crippen molar-refractivity contribution in [2.75, 3.05) is 24.5 Å². The molecule has 1 saturated heterocycles. The van der Waals surface area contributed by atoms with E-state index in [2.05, 4.69) is 33.9 Å². The molecule has 0 saturated carbocycles. The Kier molecular flexibility index (Phi) is 4.47. The number of rotatable bonds is 4. The summed E-state index contributed by atoms with van der Waals surface area (Å²) in [6.45, 7) is 6.94. The third-order valence-corrected chi connectivity index (χ3v) is 3.63. The standard InChI is InChI=1S/C13H23N5/c1-3-11-12(4-2)16-17-13(15-11)18-7-5-6-10(8-14)9-18/h10H,3-9,14H2,1-2H3. The Hall–Kier alpha value is -1.23. The number of aromatic nitrogens is 3. The number of nitrogens with zero attached hydrogens (tertiary/aromatic N) is 4. The van der Waals surface area contributed by atoms with Crippen molar-refractivity contribution in [3.63, 3.8) is 0 Å². The molecule has 0 aromatic carbocycles. The van der Waals surface area contributed by atoms with Crippen molar-refractivity contribution < 1.29 is 0 Å². The molecule has 5 heteroatoms. The van der Waals surface area contributed by atoms with Crippen LogP contribution in [0.15, 0.2) is 0 Å². The topological polar surface area (TPSA) is 67.9 Å². The van der Waals surface area contributed by atoms with Crippen molar-refractivity contribution in [2.24, 2.45) is 11.7 Å². The van der Waals surface area contributed by atoms with Gasteiger partial charge < -0.3 is 10.6 Å². The van der Waals surface area contributed by atoms with Crippen LogP contribution in [0.3, 0.4) is 0 Å². The first-order valence-corrected chi connectivity index (χ1v) is 6.95. The summed E-state index contributed by atoms with van der Waals surface area (Å²) in [5, 5.41) is 8.58. The van der Waals surface area contributed by atoms with E-state index in [1.807, 2.05) is 0 Å². The number of hydrogen-bond acceptors (Lipinski definition) is 5. The fourth-order valence-electron chi connectivity index (χ4n) is 2.50. The Morgan fingerprint density at radius 2 is 2.00 bits per heavy atom. The van der Waals surface area contributed by atoms with Crippen molar-refractivity contribution >= 4 is 5.95 Å². The van der Waals surface area contributed by atoms with Gasteiger partial charge in [0.2, 0.25) is 5.95 Å². The van der Waals surface area contributed by atoms with Crippen LogP contribution in [0.2, 0.25) is 0 Å². The summed E-state index contributed by atoms with van der Waals surface area (Å²) in [7, 11) is 0. The summed E-state index contributed by atoms with van der Waals surface area (Å²) in [6.07, 6.45) is 4.20. The minimum Gasteiger partial charge on any atom is -0.339 e. The third kappa shape index (κ3) is 2.77. The van der Waals surface area contributed by atoms with Crippen LogP contribution in [0.5, 0.6) is 0 Å². The molecule has 18 heavy (non-hydrogen) atoms. The summed E-state index contributed by atoms with van der Waals surface area (Å²) < 4.78 is 0. The molecule has 2 rings (SSSR count). The molecule has 1 fully saturated rings. The maximum Gasteiger partial charge on any atom is 0.245 e. The monoisotopic (exact) mass is 249 g/mol. The second-order valence-electron chi connectivity index (χ2n) is 4.90. The zero-order valence-electron chi connectivity index (χ0n) is 11.4. The lowest BCUT2D eigenvalue weighted by molar-refractivity contribution is 0.418. The Morgan fingerprint density at radius 3 is 2.67 bits per heavy atom. The second-order valence-corrected chi connectivity index (χ2v) is 4.90. The van der Waals surface area contributed by atoms with E-state index >= 15 is 0 Å². The quantitative estimate of drug-likeness (QED) is 0.867. The Morgan fingerprint density at radius 1 is 1.22 bits per heavy atom. The van der Waals surface area contributed by atoms with Gasteiger partial charge in [0.05, 0.1) is 11.4 Å². The van der Waals surface area contributed by atoms with E-state index in [0.717, 1.165) is 49.8 Å². The van der Waals surface area contributed by atoms with E-state index in [0.29, 0.717) is 5.92 Å². The average Bonchev–Trinajstić information content (AvgIpc) is 2.46. The third-order valence-electron chi connectivity index (χ3n) is 3.63. The summed E-state index contributed by atoms with van der Waals surface area (Å²) in [4.78, 5) is 6.89. The molecule has 0 aliphatic carbocycles. The van der Waals surface area contributed by atoms with Crippen molar-refractivity contribution in [3.8, 4) is 0 Å². The van der Waals surface area contributed by atoms with E-state index in [1.165, 1.54) is 12.8 Å². The lowest BCUT2D eigenvalue weighted by atomic mass is 9.99. The summed E-state index contributed by atoms with van der Waals surface area (Å²) in [5.41, 5.74) is 7.86. The second kappa shape index (κ2) is 6.09. The Bertz CT molecular complexity index is 393. The smallest absolute Gasteiger partial charge is 0.245 e. The van der Waals surface area contributed by atoms with Gasteiger partial charge in [-0.2, -0.15) is 5.10 Å². The number of nitrogens with two attached hydrogens (primary N) is 1. The van der Waals surface area contributed by atoms with Crippen LogP contribution in [0.4, 0.5) is 5.95 Å². The molecule has 100 valence electrons. The van der Waals surface area contributed by atoms with E-state index in [9.17, 15) is 0 Å². The van der Waals surface area contributed by atoms with Crippen LogP contribution in [-0.4, -0.2) is 34.8 Å². The molecule has 2 heterocycles. The first-order chi connectivity index (χ1) is 8.78. The van der Waals surface area contributed by atoms with Crippen molar-refractivity contribution in [1.82, 2.24) is 15.2 Å². The van der Waals surface area contributed by atoms with E-state index in [-0.39, 0.29) is 0 Å². The Labute approximate surface area is 109 Å². The molecule has 0 bridgehead atoms. The van der Waals surface area contributed by atoms with Gasteiger partial charge in [0.25, 0.3) is 0 Å². The molecule has 0 amide bonds. The zero-order valence-corrected chi connectivity index (χ0v) is 11.4. The largest absolute Gasteiger partial charge is 0.339 e. The van der Waals surface area contributed by atoms with Crippen LogP contribution in [0.1, 0.15) is 38.1 Å². The summed E-state index contributed by atoms with van der Waals surface area (Å²) in [5.74, 6) is 1.35. The lowest BCUT2D eigenvalue weighted by Crippen LogP contribution is -2.39. The first-order valence-electron chi connectivity index (χ1n) is 6.95. The summed E-state index contributed by atoms with van der Waals surface area (Å²) >= 11 is 0. The predicted octanol–water partition coefficient (Wildman–Crippen LogP) is 1.17. The van der Waals surface area contributed by atoms with Crippen LogP contribution in [0, 0.1) is 5.92 Å². The molecule has 1 aliphatic rings. The maximum absolute atomic E-state index is 5.76. The molecular weight excluding hydrogens is 226 g/mol. The van der Waals surface area contributed by atoms with Gasteiger partial charge in [0, 0.05) is 13.1 Å². The maximum atomic E-state index is 5.76.